The zero-order valence-corrected chi connectivity index (χ0v) is 14.8. The maximum atomic E-state index is 14.4. The average molecular weight is 397 g/mol. The molecule has 1 aliphatic rings. The molecule has 142 valence electrons. The van der Waals surface area contributed by atoms with Gasteiger partial charge in [-0.1, -0.05) is 11.6 Å². The summed E-state index contributed by atoms with van der Waals surface area (Å²) in [6.45, 7) is -0.0214. The van der Waals surface area contributed by atoms with Crippen molar-refractivity contribution in [3.8, 4) is 5.75 Å². The van der Waals surface area contributed by atoms with E-state index < -0.39 is 35.5 Å². The highest BCUT2D eigenvalue weighted by Crippen LogP contribution is 2.31. The maximum absolute atomic E-state index is 14.4. The molecule has 2 heterocycles. The number of benzene rings is 1. The number of pyridine rings is 1. The third kappa shape index (κ3) is 4.08. The Morgan fingerprint density at radius 3 is 2.63 bits per heavy atom. The first-order chi connectivity index (χ1) is 12.9. The van der Waals surface area contributed by atoms with Gasteiger partial charge in [0.2, 0.25) is 5.91 Å². The van der Waals surface area contributed by atoms with Gasteiger partial charge >= 0.3 is 6.03 Å². The van der Waals surface area contributed by atoms with Crippen LogP contribution in [0, 0.1) is 11.6 Å². The van der Waals surface area contributed by atoms with Gasteiger partial charge in [0.05, 0.1) is 19.0 Å². The standard InChI is InChI=1S/C17H15ClF2N4O3/c1-27-9-4-11(19)14(12(20)5-9)10-7-22-16(25)15(10)24-17(26)23-8-2-3-13(18)21-6-8/h2-6,10,15H,7H2,1H3,(H,22,25)(H2,23,24,26). The topological polar surface area (TPSA) is 92.4 Å². The van der Waals surface area contributed by atoms with E-state index in [4.69, 9.17) is 16.3 Å². The van der Waals surface area contributed by atoms with E-state index in [1.54, 1.807) is 0 Å². The molecule has 3 rings (SSSR count). The van der Waals surface area contributed by atoms with Crippen molar-refractivity contribution in [1.29, 1.82) is 0 Å². The summed E-state index contributed by atoms with van der Waals surface area (Å²) in [7, 11) is 1.29. The Bertz CT molecular complexity index is 856. The number of anilines is 1. The molecule has 2 aromatic rings. The lowest BCUT2D eigenvalue weighted by atomic mass is 9.93. The molecular weight excluding hydrogens is 382 g/mol. The molecule has 0 radical (unpaired) electrons. The van der Waals surface area contributed by atoms with Crippen LogP contribution >= 0.6 is 11.6 Å². The molecular formula is C17H15ClF2N4O3. The number of halogens is 3. The number of methoxy groups -OCH3 is 1. The van der Waals surface area contributed by atoms with E-state index in [2.05, 4.69) is 20.9 Å². The van der Waals surface area contributed by atoms with Crippen LogP contribution in [0.15, 0.2) is 30.5 Å². The Morgan fingerprint density at radius 1 is 1.33 bits per heavy atom. The third-order valence-electron chi connectivity index (χ3n) is 4.11. The number of hydrogen-bond donors (Lipinski definition) is 3. The maximum Gasteiger partial charge on any atom is 0.319 e. The van der Waals surface area contributed by atoms with Crippen LogP contribution in [0.4, 0.5) is 19.3 Å². The molecule has 2 atom stereocenters. The average Bonchev–Trinajstić information content (AvgIpc) is 2.97. The Balaban J connectivity index is 1.78. The highest BCUT2D eigenvalue weighted by Gasteiger charge is 2.40. The van der Waals surface area contributed by atoms with Crippen molar-refractivity contribution in [2.75, 3.05) is 19.0 Å². The number of urea groups is 1. The lowest BCUT2D eigenvalue weighted by Crippen LogP contribution is -2.45. The van der Waals surface area contributed by atoms with Crippen molar-refractivity contribution in [2.24, 2.45) is 0 Å². The number of nitrogens with zero attached hydrogens (tertiary/aromatic N) is 1. The minimum absolute atomic E-state index is 0.0172. The fourth-order valence-corrected chi connectivity index (χ4v) is 2.96. The molecule has 1 aliphatic heterocycles. The summed E-state index contributed by atoms with van der Waals surface area (Å²) in [5.41, 5.74) is 0.0428. The summed E-state index contributed by atoms with van der Waals surface area (Å²) < 4.78 is 33.6. The third-order valence-corrected chi connectivity index (χ3v) is 4.34. The monoisotopic (exact) mass is 396 g/mol. The van der Waals surface area contributed by atoms with Crippen LogP contribution < -0.4 is 20.7 Å². The largest absolute Gasteiger partial charge is 0.497 e. The van der Waals surface area contributed by atoms with E-state index in [0.29, 0.717) is 5.69 Å². The number of amides is 3. The second kappa shape index (κ2) is 7.75. The van der Waals surface area contributed by atoms with Crippen molar-refractivity contribution in [3.05, 3.63) is 52.8 Å². The molecule has 3 amide bonds. The van der Waals surface area contributed by atoms with Crippen molar-refractivity contribution in [2.45, 2.75) is 12.0 Å². The zero-order valence-electron chi connectivity index (χ0n) is 14.1. The zero-order chi connectivity index (χ0) is 19.6. The fraction of sp³-hybridized carbons (Fsp3) is 0.235. The Kier molecular flexibility index (Phi) is 5.41. The minimum atomic E-state index is -1.15. The smallest absolute Gasteiger partial charge is 0.319 e. The van der Waals surface area contributed by atoms with Gasteiger partial charge in [0.25, 0.3) is 0 Å². The van der Waals surface area contributed by atoms with E-state index in [0.717, 1.165) is 12.1 Å². The van der Waals surface area contributed by atoms with E-state index in [-0.39, 0.29) is 23.0 Å². The van der Waals surface area contributed by atoms with Crippen molar-refractivity contribution in [3.63, 3.8) is 0 Å². The Labute approximate surface area is 158 Å². The molecule has 7 nitrogen and oxygen atoms in total. The molecule has 1 saturated heterocycles. The molecule has 27 heavy (non-hydrogen) atoms. The second-order valence-electron chi connectivity index (χ2n) is 5.80. The lowest BCUT2D eigenvalue weighted by Gasteiger charge is -2.20. The first kappa shape index (κ1) is 18.8. The van der Waals surface area contributed by atoms with Gasteiger partial charge in [-0.25, -0.2) is 18.6 Å². The number of hydrogen-bond acceptors (Lipinski definition) is 4. The van der Waals surface area contributed by atoms with Crippen LogP contribution in [0.25, 0.3) is 0 Å². The molecule has 0 saturated carbocycles. The highest BCUT2D eigenvalue weighted by atomic mass is 35.5. The number of ether oxygens (including phenoxy) is 1. The summed E-state index contributed by atoms with van der Waals surface area (Å²) >= 11 is 5.67. The van der Waals surface area contributed by atoms with Crippen molar-refractivity contribution in [1.82, 2.24) is 15.6 Å². The second-order valence-corrected chi connectivity index (χ2v) is 6.19. The highest BCUT2D eigenvalue weighted by molar-refractivity contribution is 6.29. The number of nitrogens with one attached hydrogen (secondary N) is 3. The first-order valence-electron chi connectivity index (χ1n) is 7.88. The Hall–Kier alpha value is -2.94. The number of rotatable bonds is 4. The summed E-state index contributed by atoms with van der Waals surface area (Å²) in [6, 6.07) is 3.17. The summed E-state index contributed by atoms with van der Waals surface area (Å²) in [5, 5.41) is 7.67. The van der Waals surface area contributed by atoms with Gasteiger partial charge in [0, 0.05) is 30.2 Å². The predicted molar refractivity (Wildman–Crippen MR) is 93.9 cm³/mol. The van der Waals surface area contributed by atoms with Gasteiger partial charge < -0.3 is 20.7 Å². The van der Waals surface area contributed by atoms with Gasteiger partial charge in [-0.2, -0.15) is 0 Å². The number of carbonyl (C=O) groups is 2. The summed E-state index contributed by atoms with van der Waals surface area (Å²) in [4.78, 5) is 28.1. The van der Waals surface area contributed by atoms with E-state index >= 15 is 0 Å². The van der Waals surface area contributed by atoms with Crippen LogP contribution in [-0.4, -0.2) is 36.6 Å². The van der Waals surface area contributed by atoms with Gasteiger partial charge in [-0.3, -0.25) is 4.79 Å². The molecule has 10 heteroatoms. The van der Waals surface area contributed by atoms with Crippen LogP contribution in [-0.2, 0) is 4.79 Å². The Morgan fingerprint density at radius 2 is 2.04 bits per heavy atom. The summed E-state index contributed by atoms with van der Waals surface area (Å²) in [6.07, 6.45) is 1.33. The molecule has 2 unspecified atom stereocenters. The normalized spacial score (nSPS) is 18.7. The van der Waals surface area contributed by atoms with Gasteiger partial charge in [-0.05, 0) is 12.1 Å². The van der Waals surface area contributed by atoms with E-state index in [9.17, 15) is 18.4 Å². The molecule has 3 N–H and O–H groups in total. The first-order valence-corrected chi connectivity index (χ1v) is 8.26. The summed E-state index contributed by atoms with van der Waals surface area (Å²) in [5.74, 6) is -3.16. The SMILES string of the molecule is COc1cc(F)c(C2CNC(=O)C2NC(=O)Nc2ccc(Cl)nc2)c(F)c1. The molecule has 1 fully saturated rings. The molecule has 1 aromatic heterocycles. The minimum Gasteiger partial charge on any atom is -0.497 e. The van der Waals surface area contributed by atoms with Crippen LogP contribution in [0.1, 0.15) is 11.5 Å². The molecule has 0 bridgehead atoms. The fourth-order valence-electron chi connectivity index (χ4n) is 2.85. The van der Waals surface area contributed by atoms with Gasteiger partial charge in [-0.15, -0.1) is 0 Å². The van der Waals surface area contributed by atoms with Gasteiger partial charge in [0.15, 0.2) is 0 Å². The van der Waals surface area contributed by atoms with Gasteiger partial charge in [0.1, 0.15) is 28.6 Å². The van der Waals surface area contributed by atoms with Crippen LogP contribution in [0.3, 0.4) is 0 Å². The number of carbonyl (C=O) groups excluding carboxylic acids is 2. The molecule has 0 aliphatic carbocycles. The number of aromatic nitrogens is 1. The van der Waals surface area contributed by atoms with Crippen molar-refractivity contribution < 1.29 is 23.1 Å². The predicted octanol–water partition coefficient (Wildman–Crippen LogP) is 2.43. The van der Waals surface area contributed by atoms with Crippen molar-refractivity contribution >= 4 is 29.2 Å². The van der Waals surface area contributed by atoms with Crippen LogP contribution in [0.5, 0.6) is 5.75 Å². The molecule has 0 spiro atoms. The van der Waals surface area contributed by atoms with Crippen LogP contribution in [0.2, 0.25) is 5.15 Å². The van der Waals surface area contributed by atoms with E-state index in [1.165, 1.54) is 25.4 Å². The quantitative estimate of drug-likeness (QED) is 0.692. The van der Waals surface area contributed by atoms with E-state index in [1.807, 2.05) is 0 Å². The lowest BCUT2D eigenvalue weighted by molar-refractivity contribution is -0.120. The molecule has 1 aromatic carbocycles.